The highest BCUT2D eigenvalue weighted by Crippen LogP contribution is 2.28. The van der Waals surface area contributed by atoms with Crippen molar-refractivity contribution in [3.05, 3.63) is 65.3 Å². The van der Waals surface area contributed by atoms with Crippen molar-refractivity contribution in [3.8, 4) is 0 Å². The molecule has 0 saturated carbocycles. The molecule has 0 bridgehead atoms. The van der Waals surface area contributed by atoms with E-state index >= 15 is 0 Å². The van der Waals surface area contributed by atoms with Gasteiger partial charge in [0.2, 0.25) is 10.0 Å². The zero-order chi connectivity index (χ0) is 20.3. The van der Waals surface area contributed by atoms with Gasteiger partial charge in [-0.2, -0.15) is 4.31 Å². The molecule has 3 aromatic rings. The van der Waals surface area contributed by atoms with Crippen molar-refractivity contribution in [2.75, 3.05) is 18.4 Å². The second-order valence-electron chi connectivity index (χ2n) is 6.08. The van der Waals surface area contributed by atoms with Crippen molar-refractivity contribution in [2.24, 2.45) is 0 Å². The normalized spacial score (nSPS) is 11.7. The first kappa shape index (κ1) is 20.3. The molecule has 0 saturated heterocycles. The first-order valence-electron chi connectivity index (χ1n) is 8.83. The Kier molecular flexibility index (Phi) is 5.98. The van der Waals surface area contributed by atoms with Crippen molar-refractivity contribution < 1.29 is 13.2 Å². The molecule has 0 aliphatic carbocycles. The highest BCUT2D eigenvalue weighted by molar-refractivity contribution is 7.89. The summed E-state index contributed by atoms with van der Waals surface area (Å²) in [6.07, 6.45) is 0. The predicted octanol–water partition coefficient (Wildman–Crippen LogP) is 4.17. The van der Waals surface area contributed by atoms with E-state index in [1.807, 2.05) is 30.3 Å². The molecule has 8 heteroatoms. The van der Waals surface area contributed by atoms with Gasteiger partial charge in [-0.25, -0.2) is 13.4 Å². The van der Waals surface area contributed by atoms with Crippen LogP contribution in [0.1, 0.15) is 24.3 Å². The van der Waals surface area contributed by atoms with Crippen LogP contribution in [0.25, 0.3) is 10.9 Å². The van der Waals surface area contributed by atoms with Crippen LogP contribution in [0.3, 0.4) is 0 Å². The van der Waals surface area contributed by atoms with Gasteiger partial charge in [0, 0.05) is 24.2 Å². The minimum Gasteiger partial charge on any atom is -0.321 e. The number of halogens is 1. The topological polar surface area (TPSA) is 79.4 Å². The summed E-state index contributed by atoms with van der Waals surface area (Å²) < 4.78 is 26.9. The first-order valence-corrected chi connectivity index (χ1v) is 10.7. The molecule has 0 atom stereocenters. The number of benzene rings is 2. The number of rotatable bonds is 6. The molecular formula is C20H20ClN3O3S. The Hall–Kier alpha value is -2.48. The second kappa shape index (κ2) is 8.26. The Morgan fingerprint density at radius 3 is 2.50 bits per heavy atom. The maximum atomic E-state index is 12.8. The van der Waals surface area contributed by atoms with E-state index in [0.29, 0.717) is 24.3 Å². The van der Waals surface area contributed by atoms with Crippen molar-refractivity contribution in [2.45, 2.75) is 18.7 Å². The molecule has 0 aliphatic heterocycles. The number of hydrogen-bond donors (Lipinski definition) is 1. The fourth-order valence-corrected chi connectivity index (χ4v) is 4.83. The average Bonchev–Trinajstić information content (AvgIpc) is 2.69. The lowest BCUT2D eigenvalue weighted by atomic mass is 10.2. The lowest BCUT2D eigenvalue weighted by molar-refractivity contribution is 0.102. The molecule has 1 heterocycles. The predicted molar refractivity (Wildman–Crippen MR) is 111 cm³/mol. The van der Waals surface area contributed by atoms with E-state index in [0.717, 1.165) is 5.39 Å². The van der Waals surface area contributed by atoms with Gasteiger partial charge in [0.15, 0.2) is 0 Å². The van der Waals surface area contributed by atoms with Gasteiger partial charge in [0.05, 0.1) is 10.5 Å². The highest BCUT2D eigenvalue weighted by Gasteiger charge is 2.25. The van der Waals surface area contributed by atoms with Crippen LogP contribution < -0.4 is 5.32 Å². The Morgan fingerprint density at radius 1 is 1.07 bits per heavy atom. The third kappa shape index (κ3) is 4.01. The van der Waals surface area contributed by atoms with Crippen LogP contribution in [0, 0.1) is 0 Å². The number of amides is 1. The van der Waals surface area contributed by atoms with E-state index in [1.165, 1.54) is 16.4 Å². The van der Waals surface area contributed by atoms with Gasteiger partial charge < -0.3 is 5.32 Å². The van der Waals surface area contributed by atoms with Crippen LogP contribution in [0.5, 0.6) is 0 Å². The van der Waals surface area contributed by atoms with Crippen LogP contribution in [-0.4, -0.2) is 36.7 Å². The van der Waals surface area contributed by atoms with Crippen LogP contribution >= 0.6 is 11.6 Å². The van der Waals surface area contributed by atoms with E-state index in [1.54, 1.807) is 26.0 Å². The summed E-state index contributed by atoms with van der Waals surface area (Å²) in [5, 5.41) is 3.73. The van der Waals surface area contributed by atoms with Crippen molar-refractivity contribution in [3.63, 3.8) is 0 Å². The van der Waals surface area contributed by atoms with Crippen molar-refractivity contribution >= 4 is 44.1 Å². The fourth-order valence-electron chi connectivity index (χ4n) is 2.87. The number of para-hydroxylation sites is 1. The SMILES string of the molecule is CCN(CC)S(=O)(=O)c1cc(NC(=O)c2ccc3ccccc3n2)ccc1Cl. The Morgan fingerprint density at radius 2 is 1.79 bits per heavy atom. The lowest BCUT2D eigenvalue weighted by Gasteiger charge is -2.19. The average molecular weight is 418 g/mol. The number of pyridine rings is 1. The number of anilines is 1. The maximum Gasteiger partial charge on any atom is 0.274 e. The molecule has 0 spiro atoms. The summed E-state index contributed by atoms with van der Waals surface area (Å²) in [7, 11) is -3.75. The number of hydrogen-bond acceptors (Lipinski definition) is 4. The Balaban J connectivity index is 1.91. The molecule has 1 aromatic heterocycles. The molecular weight excluding hydrogens is 398 g/mol. The van der Waals surface area contributed by atoms with E-state index < -0.39 is 15.9 Å². The standard InChI is InChI=1S/C20H20ClN3O3S/c1-3-24(4-2)28(26,27)19-13-15(10-11-16(19)21)22-20(25)18-12-9-14-7-5-6-8-17(14)23-18/h5-13H,3-4H2,1-2H3,(H,22,25). The summed E-state index contributed by atoms with van der Waals surface area (Å²) in [4.78, 5) is 16.9. The molecule has 1 N–H and O–H groups in total. The molecule has 3 rings (SSSR count). The summed E-state index contributed by atoms with van der Waals surface area (Å²) >= 11 is 6.13. The van der Waals surface area contributed by atoms with Crippen LogP contribution in [0.4, 0.5) is 5.69 Å². The highest BCUT2D eigenvalue weighted by atomic mass is 35.5. The van der Waals surface area contributed by atoms with E-state index in [2.05, 4.69) is 10.3 Å². The lowest BCUT2D eigenvalue weighted by Crippen LogP contribution is -2.30. The van der Waals surface area contributed by atoms with Gasteiger partial charge in [-0.15, -0.1) is 0 Å². The summed E-state index contributed by atoms with van der Waals surface area (Å²) in [5.74, 6) is -0.431. The zero-order valence-corrected chi connectivity index (χ0v) is 17.1. The fraction of sp³-hybridized carbons (Fsp3) is 0.200. The maximum absolute atomic E-state index is 12.8. The van der Waals surface area contributed by atoms with Crippen molar-refractivity contribution in [1.29, 1.82) is 0 Å². The monoisotopic (exact) mass is 417 g/mol. The molecule has 146 valence electrons. The van der Waals surface area contributed by atoms with Crippen LogP contribution in [0.2, 0.25) is 5.02 Å². The van der Waals surface area contributed by atoms with Crippen LogP contribution in [-0.2, 0) is 10.0 Å². The largest absolute Gasteiger partial charge is 0.321 e. The minimum atomic E-state index is -3.75. The summed E-state index contributed by atoms with van der Waals surface area (Å²) in [6.45, 7) is 4.16. The molecule has 6 nitrogen and oxygen atoms in total. The first-order chi connectivity index (χ1) is 13.4. The minimum absolute atomic E-state index is 0.0397. The number of nitrogens with zero attached hydrogens (tertiary/aromatic N) is 2. The number of sulfonamides is 1. The molecule has 1 amide bonds. The number of carbonyl (C=O) groups is 1. The van der Waals surface area contributed by atoms with Gasteiger partial charge in [-0.1, -0.05) is 49.7 Å². The second-order valence-corrected chi connectivity index (χ2v) is 8.39. The molecule has 28 heavy (non-hydrogen) atoms. The quantitative estimate of drug-likeness (QED) is 0.652. The van der Waals surface area contributed by atoms with Gasteiger partial charge in [0.25, 0.3) is 5.91 Å². The molecule has 2 aromatic carbocycles. The van der Waals surface area contributed by atoms with E-state index in [4.69, 9.17) is 11.6 Å². The third-order valence-electron chi connectivity index (χ3n) is 4.34. The number of fused-ring (bicyclic) bond motifs is 1. The molecule has 0 radical (unpaired) electrons. The summed E-state index contributed by atoms with van der Waals surface area (Å²) in [6, 6.07) is 15.3. The van der Waals surface area contributed by atoms with Gasteiger partial charge in [-0.05, 0) is 30.3 Å². The van der Waals surface area contributed by atoms with Gasteiger partial charge in [-0.3, -0.25) is 4.79 Å². The van der Waals surface area contributed by atoms with Gasteiger partial charge >= 0.3 is 0 Å². The van der Waals surface area contributed by atoms with Gasteiger partial charge in [0.1, 0.15) is 10.6 Å². The molecule has 0 aliphatic rings. The Labute approximate surface area is 169 Å². The number of nitrogens with one attached hydrogen (secondary N) is 1. The third-order valence-corrected chi connectivity index (χ3v) is 6.87. The summed E-state index contributed by atoms with van der Waals surface area (Å²) in [5.41, 5.74) is 1.27. The number of aromatic nitrogens is 1. The molecule has 0 fully saturated rings. The van der Waals surface area contributed by atoms with Crippen molar-refractivity contribution in [1.82, 2.24) is 9.29 Å². The molecule has 0 unspecified atom stereocenters. The van der Waals surface area contributed by atoms with E-state index in [9.17, 15) is 13.2 Å². The van der Waals surface area contributed by atoms with Crippen LogP contribution in [0.15, 0.2) is 59.5 Å². The zero-order valence-electron chi connectivity index (χ0n) is 15.5. The van der Waals surface area contributed by atoms with E-state index in [-0.39, 0.29) is 15.6 Å². The smallest absolute Gasteiger partial charge is 0.274 e. The number of carbonyl (C=O) groups excluding carboxylic acids is 1. The Bertz CT molecular complexity index is 1130.